The molecule has 1 N–H and O–H groups in total. The van der Waals surface area contributed by atoms with Crippen molar-refractivity contribution in [3.63, 3.8) is 0 Å². The number of hydrogen-bond donors (Lipinski definition) is 1. The Morgan fingerprint density at radius 3 is 2.83 bits per heavy atom. The van der Waals surface area contributed by atoms with Gasteiger partial charge in [-0.3, -0.25) is 0 Å². The Morgan fingerprint density at radius 2 is 2.33 bits per heavy atom. The van der Waals surface area contributed by atoms with Crippen molar-refractivity contribution in [3.05, 3.63) is 22.4 Å². The zero-order valence-corrected chi connectivity index (χ0v) is 12.4. The molecule has 2 rings (SSSR count). The topological polar surface area (TPSA) is 21.3 Å². The van der Waals surface area contributed by atoms with Gasteiger partial charge in [-0.25, -0.2) is 0 Å². The molecule has 0 aliphatic heterocycles. The Morgan fingerprint density at radius 1 is 1.50 bits per heavy atom. The van der Waals surface area contributed by atoms with E-state index in [9.17, 15) is 0 Å². The van der Waals surface area contributed by atoms with Crippen molar-refractivity contribution in [2.45, 2.75) is 57.1 Å². The van der Waals surface area contributed by atoms with Crippen LogP contribution in [0, 0.1) is 0 Å². The second-order valence-corrected chi connectivity index (χ2v) is 6.41. The molecule has 1 heterocycles. The van der Waals surface area contributed by atoms with E-state index in [0.29, 0.717) is 6.04 Å². The van der Waals surface area contributed by atoms with Gasteiger partial charge in [0.05, 0.1) is 5.60 Å². The van der Waals surface area contributed by atoms with Crippen LogP contribution in [0.15, 0.2) is 17.5 Å². The number of ether oxygens (including phenoxy) is 1. The highest BCUT2D eigenvalue weighted by atomic mass is 32.1. The molecule has 1 aromatic heterocycles. The molecule has 1 aliphatic rings. The fourth-order valence-corrected chi connectivity index (χ4v) is 3.53. The van der Waals surface area contributed by atoms with Crippen LogP contribution in [0.1, 0.15) is 43.9 Å². The van der Waals surface area contributed by atoms with Gasteiger partial charge in [0.2, 0.25) is 0 Å². The monoisotopic (exact) mass is 267 g/mol. The highest BCUT2D eigenvalue weighted by molar-refractivity contribution is 7.09. The third-order valence-corrected chi connectivity index (χ3v) is 4.93. The highest BCUT2D eigenvalue weighted by Gasteiger charge is 2.38. The van der Waals surface area contributed by atoms with Gasteiger partial charge in [0.15, 0.2) is 0 Å². The molecule has 0 spiro atoms. The number of methoxy groups -OCH3 is 1. The fraction of sp³-hybridized carbons (Fsp3) is 0.733. The summed E-state index contributed by atoms with van der Waals surface area (Å²) < 4.78 is 5.77. The van der Waals surface area contributed by atoms with Gasteiger partial charge in [0.25, 0.3) is 0 Å². The molecule has 1 aromatic rings. The molecule has 0 radical (unpaired) electrons. The van der Waals surface area contributed by atoms with E-state index >= 15 is 0 Å². The number of hydrogen-bond acceptors (Lipinski definition) is 3. The van der Waals surface area contributed by atoms with Crippen LogP contribution in [0.3, 0.4) is 0 Å². The number of rotatable bonds is 8. The Bertz CT molecular complexity index is 327. The lowest BCUT2D eigenvalue weighted by Crippen LogP contribution is -2.46. The molecular weight excluding hydrogens is 242 g/mol. The van der Waals surface area contributed by atoms with Crippen molar-refractivity contribution in [2.24, 2.45) is 0 Å². The molecule has 0 bridgehead atoms. The summed E-state index contributed by atoms with van der Waals surface area (Å²) in [7, 11) is 1.88. The van der Waals surface area contributed by atoms with Gasteiger partial charge in [-0.15, -0.1) is 11.3 Å². The van der Waals surface area contributed by atoms with E-state index in [4.69, 9.17) is 4.74 Å². The molecule has 3 heteroatoms. The fourth-order valence-electron chi connectivity index (χ4n) is 2.75. The van der Waals surface area contributed by atoms with E-state index in [2.05, 4.69) is 29.8 Å². The zero-order valence-electron chi connectivity index (χ0n) is 11.6. The van der Waals surface area contributed by atoms with E-state index in [-0.39, 0.29) is 5.60 Å². The van der Waals surface area contributed by atoms with Crippen molar-refractivity contribution >= 4 is 11.3 Å². The minimum atomic E-state index is 0.169. The lowest BCUT2D eigenvalue weighted by Gasteiger charge is -2.43. The first kappa shape index (κ1) is 14.0. The number of thiophene rings is 1. The molecule has 1 fully saturated rings. The standard InChI is InChI=1S/C15H25NOS/c1-3-9-16-13(11-14-6-4-10-18-14)12-15(17-2)7-5-8-15/h4,6,10,13,16H,3,5,7-9,11-12H2,1-2H3. The van der Waals surface area contributed by atoms with Crippen LogP contribution in [0.25, 0.3) is 0 Å². The average molecular weight is 267 g/mol. The summed E-state index contributed by atoms with van der Waals surface area (Å²) in [6.07, 6.45) is 7.29. The van der Waals surface area contributed by atoms with Crippen molar-refractivity contribution < 1.29 is 4.74 Å². The summed E-state index contributed by atoms with van der Waals surface area (Å²) in [5.74, 6) is 0. The second-order valence-electron chi connectivity index (χ2n) is 5.38. The predicted molar refractivity (Wildman–Crippen MR) is 78.3 cm³/mol. The third-order valence-electron chi connectivity index (χ3n) is 4.03. The van der Waals surface area contributed by atoms with Gasteiger partial charge in [-0.05, 0) is 56.5 Å². The van der Waals surface area contributed by atoms with Crippen LogP contribution >= 0.6 is 11.3 Å². The smallest absolute Gasteiger partial charge is 0.0693 e. The molecule has 0 aromatic carbocycles. The SMILES string of the molecule is CCCNC(Cc1cccs1)CC1(OC)CCC1. The summed E-state index contributed by atoms with van der Waals surface area (Å²) in [5, 5.41) is 5.86. The molecule has 0 amide bonds. The number of nitrogens with one attached hydrogen (secondary N) is 1. The summed E-state index contributed by atoms with van der Waals surface area (Å²) in [6, 6.07) is 4.95. The van der Waals surface area contributed by atoms with Crippen LogP contribution < -0.4 is 5.32 Å². The molecule has 102 valence electrons. The van der Waals surface area contributed by atoms with Gasteiger partial charge in [0, 0.05) is 18.0 Å². The van der Waals surface area contributed by atoms with Gasteiger partial charge < -0.3 is 10.1 Å². The Labute approximate surface area is 115 Å². The second kappa shape index (κ2) is 6.69. The minimum absolute atomic E-state index is 0.169. The van der Waals surface area contributed by atoms with E-state index < -0.39 is 0 Å². The lowest BCUT2D eigenvalue weighted by molar-refractivity contribution is -0.0833. The van der Waals surface area contributed by atoms with Crippen molar-refractivity contribution in [3.8, 4) is 0 Å². The molecule has 1 atom stereocenters. The van der Waals surface area contributed by atoms with Crippen molar-refractivity contribution in [1.29, 1.82) is 0 Å². The van der Waals surface area contributed by atoms with Crippen molar-refractivity contribution in [2.75, 3.05) is 13.7 Å². The molecule has 1 saturated carbocycles. The maximum atomic E-state index is 5.77. The molecule has 0 saturated heterocycles. The van der Waals surface area contributed by atoms with E-state index in [1.807, 2.05) is 18.4 Å². The van der Waals surface area contributed by atoms with E-state index in [0.717, 1.165) is 19.4 Å². The quantitative estimate of drug-likeness (QED) is 0.777. The maximum Gasteiger partial charge on any atom is 0.0693 e. The summed E-state index contributed by atoms with van der Waals surface area (Å²) in [4.78, 5) is 1.48. The molecule has 2 nitrogen and oxygen atoms in total. The Hall–Kier alpha value is -0.380. The van der Waals surface area contributed by atoms with E-state index in [1.54, 1.807) is 0 Å². The largest absolute Gasteiger partial charge is 0.378 e. The first-order valence-corrected chi connectivity index (χ1v) is 7.97. The first-order valence-electron chi connectivity index (χ1n) is 7.09. The third kappa shape index (κ3) is 3.56. The van der Waals surface area contributed by atoms with Crippen LogP contribution in [0.2, 0.25) is 0 Å². The molecule has 18 heavy (non-hydrogen) atoms. The van der Waals surface area contributed by atoms with Gasteiger partial charge in [-0.1, -0.05) is 13.0 Å². The van der Waals surface area contributed by atoms with Gasteiger partial charge in [-0.2, -0.15) is 0 Å². The Balaban J connectivity index is 1.91. The van der Waals surface area contributed by atoms with Crippen LogP contribution in [-0.2, 0) is 11.2 Å². The molecule has 1 unspecified atom stereocenters. The first-order chi connectivity index (χ1) is 8.78. The van der Waals surface area contributed by atoms with Crippen LogP contribution in [-0.4, -0.2) is 25.3 Å². The molecular formula is C15H25NOS. The predicted octanol–water partition coefficient (Wildman–Crippen LogP) is 3.62. The molecule has 1 aliphatic carbocycles. The average Bonchev–Trinajstić information content (AvgIpc) is 2.83. The maximum absolute atomic E-state index is 5.77. The van der Waals surface area contributed by atoms with Crippen molar-refractivity contribution in [1.82, 2.24) is 5.32 Å². The van der Waals surface area contributed by atoms with Gasteiger partial charge >= 0.3 is 0 Å². The van der Waals surface area contributed by atoms with Crippen LogP contribution in [0.4, 0.5) is 0 Å². The van der Waals surface area contributed by atoms with Gasteiger partial charge in [0.1, 0.15) is 0 Å². The summed E-state index contributed by atoms with van der Waals surface area (Å²) in [5.41, 5.74) is 0.169. The lowest BCUT2D eigenvalue weighted by atomic mass is 9.75. The normalized spacial score (nSPS) is 19.4. The zero-order chi connectivity index (χ0) is 12.8. The summed E-state index contributed by atoms with van der Waals surface area (Å²) in [6.45, 7) is 3.33. The summed E-state index contributed by atoms with van der Waals surface area (Å²) >= 11 is 1.86. The highest BCUT2D eigenvalue weighted by Crippen LogP contribution is 2.39. The minimum Gasteiger partial charge on any atom is -0.378 e. The van der Waals surface area contributed by atoms with Crippen LogP contribution in [0.5, 0.6) is 0 Å². The van der Waals surface area contributed by atoms with E-state index in [1.165, 1.54) is 30.6 Å². The Kier molecular flexibility index (Phi) is 5.22.